The normalized spacial score (nSPS) is 12.1. The van der Waals surface area contributed by atoms with E-state index in [9.17, 15) is 0 Å². The van der Waals surface area contributed by atoms with E-state index in [0.717, 1.165) is 12.2 Å². The number of aryl methyl sites for hydroxylation is 1. The Labute approximate surface area is 103 Å². The molecular formula is C15H18N2. The lowest BCUT2D eigenvalue weighted by Crippen LogP contribution is -2.11. The van der Waals surface area contributed by atoms with E-state index < -0.39 is 0 Å². The molecule has 2 rings (SSSR count). The molecule has 1 atom stereocenters. The summed E-state index contributed by atoms with van der Waals surface area (Å²) in [4.78, 5) is 4.38. The van der Waals surface area contributed by atoms with Crippen molar-refractivity contribution < 1.29 is 0 Å². The van der Waals surface area contributed by atoms with Gasteiger partial charge in [0, 0.05) is 6.20 Å². The monoisotopic (exact) mass is 226 g/mol. The average molecular weight is 226 g/mol. The maximum absolute atomic E-state index is 4.38. The molecule has 0 fully saturated rings. The van der Waals surface area contributed by atoms with Gasteiger partial charge in [0.25, 0.3) is 0 Å². The predicted molar refractivity (Wildman–Crippen MR) is 72.1 cm³/mol. The second-order valence-corrected chi connectivity index (χ2v) is 4.18. The summed E-state index contributed by atoms with van der Waals surface area (Å²) in [5.74, 6) is 0.975. The highest BCUT2D eigenvalue weighted by atomic mass is 15.0. The van der Waals surface area contributed by atoms with Gasteiger partial charge < -0.3 is 5.32 Å². The topological polar surface area (TPSA) is 24.9 Å². The molecule has 0 saturated carbocycles. The molecule has 17 heavy (non-hydrogen) atoms. The molecule has 1 aromatic carbocycles. The largest absolute Gasteiger partial charge is 0.363 e. The van der Waals surface area contributed by atoms with Crippen LogP contribution in [0.4, 0.5) is 5.82 Å². The summed E-state index contributed by atoms with van der Waals surface area (Å²) in [6, 6.07) is 14.9. The Bertz CT molecular complexity index is 465. The van der Waals surface area contributed by atoms with Gasteiger partial charge in [-0.3, -0.25) is 0 Å². The Morgan fingerprint density at radius 1 is 1.12 bits per heavy atom. The van der Waals surface area contributed by atoms with Crippen molar-refractivity contribution in [3.05, 3.63) is 59.8 Å². The van der Waals surface area contributed by atoms with Gasteiger partial charge in [0.2, 0.25) is 0 Å². The number of hydrogen-bond donors (Lipinski definition) is 1. The number of anilines is 1. The van der Waals surface area contributed by atoms with E-state index in [-0.39, 0.29) is 0 Å². The molecule has 1 unspecified atom stereocenters. The van der Waals surface area contributed by atoms with Crippen LogP contribution in [0.3, 0.4) is 0 Å². The first-order chi connectivity index (χ1) is 8.31. The van der Waals surface area contributed by atoms with Gasteiger partial charge in [0.1, 0.15) is 5.82 Å². The van der Waals surface area contributed by atoms with Crippen LogP contribution in [-0.4, -0.2) is 4.98 Å². The average Bonchev–Trinajstić information content (AvgIpc) is 2.39. The summed E-state index contributed by atoms with van der Waals surface area (Å²) >= 11 is 0. The zero-order valence-electron chi connectivity index (χ0n) is 10.4. The van der Waals surface area contributed by atoms with Gasteiger partial charge >= 0.3 is 0 Å². The zero-order valence-corrected chi connectivity index (χ0v) is 10.4. The number of pyridine rings is 1. The molecular weight excluding hydrogens is 208 g/mol. The SMILES string of the molecule is CCC(Nc1ncccc1C)c1ccccc1. The third kappa shape index (κ3) is 2.84. The van der Waals surface area contributed by atoms with E-state index in [1.165, 1.54) is 11.1 Å². The number of rotatable bonds is 4. The molecule has 2 heteroatoms. The minimum Gasteiger partial charge on any atom is -0.363 e. The van der Waals surface area contributed by atoms with Crippen LogP contribution in [0.1, 0.15) is 30.5 Å². The quantitative estimate of drug-likeness (QED) is 0.853. The first-order valence-electron chi connectivity index (χ1n) is 6.04. The van der Waals surface area contributed by atoms with Crippen molar-refractivity contribution >= 4 is 5.82 Å². The van der Waals surface area contributed by atoms with Crippen molar-refractivity contribution in [1.82, 2.24) is 4.98 Å². The lowest BCUT2D eigenvalue weighted by atomic mass is 10.0. The van der Waals surface area contributed by atoms with Gasteiger partial charge in [-0.25, -0.2) is 4.98 Å². The van der Waals surface area contributed by atoms with Crippen LogP contribution in [0.15, 0.2) is 48.7 Å². The number of nitrogens with zero attached hydrogens (tertiary/aromatic N) is 1. The van der Waals surface area contributed by atoms with Crippen LogP contribution in [0.2, 0.25) is 0 Å². The van der Waals surface area contributed by atoms with Gasteiger partial charge in [0.15, 0.2) is 0 Å². The van der Waals surface area contributed by atoms with Gasteiger partial charge in [-0.2, -0.15) is 0 Å². The minimum absolute atomic E-state index is 0.324. The Kier molecular flexibility index (Phi) is 3.76. The summed E-state index contributed by atoms with van der Waals surface area (Å²) in [7, 11) is 0. The smallest absolute Gasteiger partial charge is 0.129 e. The van der Waals surface area contributed by atoms with Crippen LogP contribution < -0.4 is 5.32 Å². The Morgan fingerprint density at radius 2 is 1.88 bits per heavy atom. The van der Waals surface area contributed by atoms with Gasteiger partial charge in [0.05, 0.1) is 6.04 Å². The van der Waals surface area contributed by atoms with Gasteiger partial charge in [-0.05, 0) is 30.5 Å². The Balaban J connectivity index is 2.19. The summed E-state index contributed by atoms with van der Waals surface area (Å²) in [6.07, 6.45) is 2.87. The van der Waals surface area contributed by atoms with Crippen LogP contribution in [0, 0.1) is 6.92 Å². The number of benzene rings is 1. The molecule has 0 bridgehead atoms. The molecule has 0 amide bonds. The van der Waals surface area contributed by atoms with E-state index >= 15 is 0 Å². The second kappa shape index (κ2) is 5.48. The van der Waals surface area contributed by atoms with Crippen molar-refractivity contribution in [2.75, 3.05) is 5.32 Å². The molecule has 2 nitrogen and oxygen atoms in total. The van der Waals surface area contributed by atoms with E-state index in [0.29, 0.717) is 6.04 Å². The van der Waals surface area contributed by atoms with Crippen molar-refractivity contribution in [3.63, 3.8) is 0 Å². The summed E-state index contributed by atoms with van der Waals surface area (Å²) in [6.45, 7) is 4.26. The molecule has 0 aliphatic rings. The van der Waals surface area contributed by atoms with Gasteiger partial charge in [-0.15, -0.1) is 0 Å². The molecule has 1 heterocycles. The number of nitrogens with one attached hydrogen (secondary N) is 1. The maximum Gasteiger partial charge on any atom is 0.129 e. The second-order valence-electron chi connectivity index (χ2n) is 4.18. The fourth-order valence-corrected chi connectivity index (χ4v) is 1.91. The van der Waals surface area contributed by atoms with E-state index in [1.807, 2.05) is 18.3 Å². The van der Waals surface area contributed by atoms with Crippen LogP contribution in [0.5, 0.6) is 0 Å². The summed E-state index contributed by atoms with van der Waals surface area (Å²) in [5, 5.41) is 3.50. The highest BCUT2D eigenvalue weighted by molar-refractivity contribution is 5.45. The first kappa shape index (κ1) is 11.6. The van der Waals surface area contributed by atoms with E-state index in [4.69, 9.17) is 0 Å². The van der Waals surface area contributed by atoms with Crippen LogP contribution in [-0.2, 0) is 0 Å². The summed E-state index contributed by atoms with van der Waals surface area (Å²) < 4.78 is 0. The first-order valence-corrected chi connectivity index (χ1v) is 6.04. The molecule has 88 valence electrons. The van der Waals surface area contributed by atoms with Crippen molar-refractivity contribution in [2.45, 2.75) is 26.3 Å². The number of aromatic nitrogens is 1. The molecule has 0 spiro atoms. The highest BCUT2D eigenvalue weighted by Crippen LogP contribution is 2.22. The molecule has 1 N–H and O–H groups in total. The number of hydrogen-bond acceptors (Lipinski definition) is 2. The Morgan fingerprint density at radius 3 is 2.53 bits per heavy atom. The van der Waals surface area contributed by atoms with E-state index in [2.05, 4.69) is 54.5 Å². The van der Waals surface area contributed by atoms with Crippen molar-refractivity contribution in [3.8, 4) is 0 Å². The standard InChI is InChI=1S/C15H18N2/c1-3-14(13-9-5-4-6-10-13)17-15-12(2)8-7-11-16-15/h4-11,14H,3H2,1-2H3,(H,16,17). The lowest BCUT2D eigenvalue weighted by molar-refractivity contribution is 0.743. The van der Waals surface area contributed by atoms with Gasteiger partial charge in [-0.1, -0.05) is 43.3 Å². The molecule has 0 aliphatic carbocycles. The maximum atomic E-state index is 4.38. The van der Waals surface area contributed by atoms with Crippen LogP contribution >= 0.6 is 0 Å². The molecule has 2 aromatic rings. The minimum atomic E-state index is 0.324. The highest BCUT2D eigenvalue weighted by Gasteiger charge is 2.09. The predicted octanol–water partition coefficient (Wildman–Crippen LogP) is 3.95. The molecule has 1 aromatic heterocycles. The molecule has 0 aliphatic heterocycles. The Hall–Kier alpha value is -1.83. The third-order valence-electron chi connectivity index (χ3n) is 2.93. The third-order valence-corrected chi connectivity index (χ3v) is 2.93. The fourth-order valence-electron chi connectivity index (χ4n) is 1.91. The summed E-state index contributed by atoms with van der Waals surface area (Å²) in [5.41, 5.74) is 2.49. The van der Waals surface area contributed by atoms with Crippen LogP contribution in [0.25, 0.3) is 0 Å². The molecule has 0 saturated heterocycles. The van der Waals surface area contributed by atoms with Crippen molar-refractivity contribution in [1.29, 1.82) is 0 Å². The van der Waals surface area contributed by atoms with E-state index in [1.54, 1.807) is 0 Å². The fraction of sp³-hybridized carbons (Fsp3) is 0.267. The lowest BCUT2D eigenvalue weighted by Gasteiger charge is -2.19. The zero-order chi connectivity index (χ0) is 12.1. The molecule has 0 radical (unpaired) electrons. The van der Waals surface area contributed by atoms with Crippen molar-refractivity contribution in [2.24, 2.45) is 0 Å².